The lowest BCUT2D eigenvalue weighted by Gasteiger charge is -2.15. The fourth-order valence-corrected chi connectivity index (χ4v) is 2.51. The van der Waals surface area contributed by atoms with E-state index in [1.165, 1.54) is 23.5 Å². The van der Waals surface area contributed by atoms with Crippen LogP contribution in [-0.4, -0.2) is 18.1 Å². The molecule has 0 radical (unpaired) electrons. The van der Waals surface area contributed by atoms with Gasteiger partial charge in [0.1, 0.15) is 0 Å². The lowest BCUT2D eigenvalue weighted by molar-refractivity contribution is 0.572. The van der Waals surface area contributed by atoms with E-state index in [1.54, 1.807) is 0 Å². The second-order valence-electron chi connectivity index (χ2n) is 3.75. The van der Waals surface area contributed by atoms with Crippen molar-refractivity contribution >= 4 is 23.4 Å². The summed E-state index contributed by atoms with van der Waals surface area (Å²) in [5.41, 5.74) is 1.19. The molecule has 0 aliphatic carbocycles. The maximum atomic E-state index is 6.14. The summed E-state index contributed by atoms with van der Waals surface area (Å²) in [6.07, 6.45) is 1.22. The third kappa shape index (κ3) is 4.77. The van der Waals surface area contributed by atoms with Crippen molar-refractivity contribution < 1.29 is 0 Å². The number of rotatable bonds is 7. The number of benzene rings is 1. The number of hydrogen-bond donors (Lipinski definition) is 1. The first kappa shape index (κ1) is 13.9. The van der Waals surface area contributed by atoms with E-state index in [0.717, 1.165) is 11.6 Å². The first-order valence-corrected chi connectivity index (χ1v) is 7.34. The van der Waals surface area contributed by atoms with Crippen LogP contribution in [-0.2, 0) is 0 Å². The predicted molar refractivity (Wildman–Crippen MR) is 75.5 cm³/mol. The summed E-state index contributed by atoms with van der Waals surface area (Å²) in [4.78, 5) is 0. The average molecular weight is 258 g/mol. The van der Waals surface area contributed by atoms with E-state index in [0.29, 0.717) is 6.04 Å². The van der Waals surface area contributed by atoms with Gasteiger partial charge in [0.05, 0.1) is 0 Å². The van der Waals surface area contributed by atoms with E-state index in [2.05, 4.69) is 25.2 Å². The zero-order valence-corrected chi connectivity index (χ0v) is 11.6. The van der Waals surface area contributed by atoms with E-state index in [9.17, 15) is 0 Å². The zero-order chi connectivity index (χ0) is 11.8. The Morgan fingerprint density at radius 3 is 2.81 bits per heavy atom. The summed E-state index contributed by atoms with van der Waals surface area (Å²) < 4.78 is 0. The molecular weight excluding hydrogens is 238 g/mol. The van der Waals surface area contributed by atoms with E-state index in [1.807, 2.05) is 30.0 Å². The molecule has 90 valence electrons. The van der Waals surface area contributed by atoms with Gasteiger partial charge in [-0.15, -0.1) is 0 Å². The van der Waals surface area contributed by atoms with Gasteiger partial charge < -0.3 is 5.32 Å². The molecule has 0 bridgehead atoms. The van der Waals surface area contributed by atoms with Crippen LogP contribution in [0.4, 0.5) is 0 Å². The molecule has 0 heterocycles. The van der Waals surface area contributed by atoms with Crippen LogP contribution in [0.25, 0.3) is 0 Å². The summed E-state index contributed by atoms with van der Waals surface area (Å²) in [6, 6.07) is 8.37. The Kier molecular flexibility index (Phi) is 6.93. The van der Waals surface area contributed by atoms with Crippen LogP contribution in [0.15, 0.2) is 24.3 Å². The lowest BCUT2D eigenvalue weighted by atomic mass is 10.1. The molecule has 0 saturated heterocycles. The van der Waals surface area contributed by atoms with E-state index < -0.39 is 0 Å². The maximum Gasteiger partial charge on any atom is 0.0453 e. The van der Waals surface area contributed by atoms with Crippen molar-refractivity contribution in [2.45, 2.75) is 26.3 Å². The summed E-state index contributed by atoms with van der Waals surface area (Å²) >= 11 is 8.13. The smallest absolute Gasteiger partial charge is 0.0453 e. The third-order valence-electron chi connectivity index (χ3n) is 2.49. The number of halogens is 1. The molecule has 1 nitrogen and oxygen atoms in total. The number of nitrogens with one attached hydrogen (secondary N) is 1. The fraction of sp³-hybridized carbons (Fsp3) is 0.538. The Labute approximate surface area is 108 Å². The van der Waals surface area contributed by atoms with Crippen molar-refractivity contribution in [3.63, 3.8) is 0 Å². The average Bonchev–Trinajstić information content (AvgIpc) is 2.29. The Morgan fingerprint density at radius 1 is 1.38 bits per heavy atom. The van der Waals surface area contributed by atoms with Gasteiger partial charge in [-0.25, -0.2) is 0 Å². The molecule has 0 spiro atoms. The Balaban J connectivity index is 2.30. The molecule has 0 aliphatic rings. The highest BCUT2D eigenvalue weighted by Gasteiger charge is 2.07. The summed E-state index contributed by atoms with van der Waals surface area (Å²) in [5.74, 6) is 2.44. The molecule has 0 amide bonds. The molecule has 3 heteroatoms. The van der Waals surface area contributed by atoms with Crippen molar-refractivity contribution in [3.8, 4) is 0 Å². The van der Waals surface area contributed by atoms with Gasteiger partial charge in [0, 0.05) is 11.1 Å². The first-order chi connectivity index (χ1) is 7.75. The third-order valence-corrected chi connectivity index (χ3v) is 3.82. The molecule has 0 aliphatic heterocycles. The minimum Gasteiger partial charge on any atom is -0.310 e. The van der Waals surface area contributed by atoms with Gasteiger partial charge in [-0.05, 0) is 43.0 Å². The molecule has 1 rings (SSSR count). The van der Waals surface area contributed by atoms with Gasteiger partial charge in [-0.1, -0.05) is 36.7 Å². The van der Waals surface area contributed by atoms with Gasteiger partial charge in [0.2, 0.25) is 0 Å². The lowest BCUT2D eigenvalue weighted by Crippen LogP contribution is -2.20. The summed E-state index contributed by atoms with van der Waals surface area (Å²) in [5, 5.41) is 4.35. The zero-order valence-electron chi connectivity index (χ0n) is 10.0. The van der Waals surface area contributed by atoms with Crippen LogP contribution in [0.1, 0.15) is 31.9 Å². The van der Waals surface area contributed by atoms with Crippen molar-refractivity contribution in [1.82, 2.24) is 5.32 Å². The van der Waals surface area contributed by atoms with Crippen LogP contribution in [0, 0.1) is 0 Å². The molecule has 1 atom stereocenters. The van der Waals surface area contributed by atoms with E-state index >= 15 is 0 Å². The Morgan fingerprint density at radius 2 is 2.12 bits per heavy atom. The van der Waals surface area contributed by atoms with Crippen molar-refractivity contribution in [2.75, 3.05) is 18.1 Å². The van der Waals surface area contributed by atoms with Gasteiger partial charge in [-0.2, -0.15) is 11.8 Å². The van der Waals surface area contributed by atoms with Crippen LogP contribution in [0.5, 0.6) is 0 Å². The van der Waals surface area contributed by atoms with Crippen LogP contribution < -0.4 is 5.32 Å². The SMILES string of the molecule is CCSCCCN[C@@H](C)c1ccccc1Cl. The van der Waals surface area contributed by atoms with Crippen LogP contribution in [0.3, 0.4) is 0 Å². The maximum absolute atomic E-state index is 6.14. The quantitative estimate of drug-likeness (QED) is 0.737. The normalized spacial score (nSPS) is 12.7. The van der Waals surface area contributed by atoms with Crippen LogP contribution in [0.2, 0.25) is 5.02 Å². The Hall–Kier alpha value is -0.180. The van der Waals surface area contributed by atoms with E-state index in [-0.39, 0.29) is 0 Å². The minimum atomic E-state index is 0.334. The molecule has 0 fully saturated rings. The molecule has 0 unspecified atom stereocenters. The molecular formula is C13H20ClNS. The highest BCUT2D eigenvalue weighted by atomic mass is 35.5. The largest absolute Gasteiger partial charge is 0.310 e. The molecule has 1 aromatic rings. The number of thioether (sulfide) groups is 1. The Bertz CT molecular complexity index is 304. The molecule has 1 N–H and O–H groups in total. The summed E-state index contributed by atoms with van der Waals surface area (Å²) in [7, 11) is 0. The summed E-state index contributed by atoms with van der Waals surface area (Å²) in [6.45, 7) is 5.41. The van der Waals surface area contributed by atoms with Gasteiger partial charge in [0.15, 0.2) is 0 Å². The standard InChI is InChI=1S/C13H20ClNS/c1-3-16-10-6-9-15-11(2)12-7-4-5-8-13(12)14/h4-5,7-8,11,15H,3,6,9-10H2,1-2H3/t11-/m0/s1. The highest BCUT2D eigenvalue weighted by Crippen LogP contribution is 2.21. The van der Waals surface area contributed by atoms with Gasteiger partial charge >= 0.3 is 0 Å². The predicted octanol–water partition coefficient (Wildman–Crippen LogP) is 4.13. The van der Waals surface area contributed by atoms with Gasteiger partial charge in [-0.3, -0.25) is 0 Å². The van der Waals surface area contributed by atoms with Gasteiger partial charge in [0.25, 0.3) is 0 Å². The monoisotopic (exact) mass is 257 g/mol. The molecule has 0 aromatic heterocycles. The highest BCUT2D eigenvalue weighted by molar-refractivity contribution is 7.99. The second kappa shape index (κ2) is 7.99. The molecule has 16 heavy (non-hydrogen) atoms. The number of hydrogen-bond acceptors (Lipinski definition) is 2. The molecule has 0 saturated carbocycles. The molecule has 1 aromatic carbocycles. The van der Waals surface area contributed by atoms with Crippen molar-refractivity contribution in [3.05, 3.63) is 34.9 Å². The van der Waals surface area contributed by atoms with E-state index in [4.69, 9.17) is 11.6 Å². The van der Waals surface area contributed by atoms with Crippen molar-refractivity contribution in [1.29, 1.82) is 0 Å². The van der Waals surface area contributed by atoms with Crippen LogP contribution >= 0.6 is 23.4 Å². The van der Waals surface area contributed by atoms with Crippen molar-refractivity contribution in [2.24, 2.45) is 0 Å². The topological polar surface area (TPSA) is 12.0 Å². The minimum absolute atomic E-state index is 0.334. The first-order valence-electron chi connectivity index (χ1n) is 5.81. The second-order valence-corrected chi connectivity index (χ2v) is 5.55. The fourth-order valence-electron chi connectivity index (χ4n) is 1.57.